The quantitative estimate of drug-likeness (QED) is 0.617. The summed E-state index contributed by atoms with van der Waals surface area (Å²) in [6.07, 6.45) is 1.60. The van der Waals surface area contributed by atoms with Gasteiger partial charge in [0.1, 0.15) is 12.4 Å². The van der Waals surface area contributed by atoms with Gasteiger partial charge < -0.3 is 14.6 Å². The van der Waals surface area contributed by atoms with Gasteiger partial charge in [-0.25, -0.2) is 9.59 Å². The molecular weight excluding hydrogens is 224 g/mol. The maximum Gasteiger partial charge on any atom is 0.331 e. The number of carboxylic acids is 1. The van der Waals surface area contributed by atoms with E-state index in [0.29, 0.717) is 5.75 Å². The Hall–Kier alpha value is -2.30. The van der Waals surface area contributed by atoms with E-state index >= 15 is 0 Å². The lowest BCUT2D eigenvalue weighted by molar-refractivity contribution is -0.139. The van der Waals surface area contributed by atoms with E-state index in [1.54, 1.807) is 31.4 Å². The molecule has 1 rings (SSSR count). The second-order valence-electron chi connectivity index (χ2n) is 3.13. The minimum Gasteiger partial charge on any atom is -0.497 e. The van der Waals surface area contributed by atoms with E-state index in [1.165, 1.54) is 0 Å². The maximum atomic E-state index is 11.0. The van der Waals surface area contributed by atoms with Crippen LogP contribution in [0.4, 0.5) is 0 Å². The minimum atomic E-state index is -1.19. The van der Waals surface area contributed by atoms with Crippen molar-refractivity contribution in [3.8, 4) is 5.75 Å². The Morgan fingerprint density at radius 2 is 1.88 bits per heavy atom. The van der Waals surface area contributed by atoms with Gasteiger partial charge in [-0.05, 0) is 17.7 Å². The number of benzene rings is 1. The van der Waals surface area contributed by atoms with Gasteiger partial charge in [-0.15, -0.1) is 0 Å². The lowest BCUT2D eigenvalue weighted by Gasteiger charge is -2.03. The molecule has 5 heteroatoms. The van der Waals surface area contributed by atoms with Gasteiger partial charge in [-0.3, -0.25) is 0 Å². The summed E-state index contributed by atoms with van der Waals surface area (Å²) >= 11 is 0. The number of ether oxygens (including phenoxy) is 2. The van der Waals surface area contributed by atoms with Crippen molar-refractivity contribution in [2.24, 2.45) is 0 Å². The number of carbonyl (C=O) groups excluding carboxylic acids is 1. The van der Waals surface area contributed by atoms with Crippen LogP contribution in [0.2, 0.25) is 0 Å². The molecule has 0 saturated carbocycles. The van der Waals surface area contributed by atoms with Crippen molar-refractivity contribution in [1.29, 1.82) is 0 Å². The summed E-state index contributed by atoms with van der Waals surface area (Å²) in [4.78, 5) is 21.2. The molecule has 90 valence electrons. The van der Waals surface area contributed by atoms with E-state index in [4.69, 9.17) is 14.6 Å². The summed E-state index contributed by atoms with van der Waals surface area (Å²) in [5.41, 5.74) is 0.794. The molecule has 0 amide bonds. The molecule has 1 aromatic rings. The average Bonchev–Trinajstić information content (AvgIpc) is 2.34. The van der Waals surface area contributed by atoms with Crippen molar-refractivity contribution in [3.05, 3.63) is 42.0 Å². The van der Waals surface area contributed by atoms with Crippen molar-refractivity contribution in [2.45, 2.75) is 6.61 Å². The number of hydrogen-bond donors (Lipinski definition) is 1. The Morgan fingerprint density at radius 1 is 1.24 bits per heavy atom. The van der Waals surface area contributed by atoms with Crippen LogP contribution < -0.4 is 4.74 Å². The van der Waals surface area contributed by atoms with Gasteiger partial charge in [0, 0.05) is 12.2 Å². The Morgan fingerprint density at radius 3 is 2.41 bits per heavy atom. The molecule has 0 atom stereocenters. The SMILES string of the molecule is COc1ccc(COC(=O)/C=C/C(=O)O)cc1. The number of aliphatic carboxylic acids is 1. The zero-order valence-electron chi connectivity index (χ0n) is 9.25. The lowest BCUT2D eigenvalue weighted by Crippen LogP contribution is -2.02. The first-order valence-electron chi connectivity index (χ1n) is 4.82. The van der Waals surface area contributed by atoms with Crippen LogP contribution in [0.3, 0.4) is 0 Å². The highest BCUT2D eigenvalue weighted by atomic mass is 16.5. The third-order valence-corrected chi connectivity index (χ3v) is 1.90. The normalized spacial score (nSPS) is 10.2. The lowest BCUT2D eigenvalue weighted by atomic mass is 10.2. The molecule has 1 aromatic carbocycles. The van der Waals surface area contributed by atoms with Crippen LogP contribution in [0.1, 0.15) is 5.56 Å². The van der Waals surface area contributed by atoms with E-state index in [1.807, 2.05) is 0 Å². The standard InChI is InChI=1S/C12H12O5/c1-16-10-4-2-9(3-5-10)8-17-12(15)7-6-11(13)14/h2-7H,8H2,1H3,(H,13,14)/b7-6+. The van der Waals surface area contributed by atoms with Crippen molar-refractivity contribution >= 4 is 11.9 Å². The monoisotopic (exact) mass is 236 g/mol. The second kappa shape index (κ2) is 6.32. The van der Waals surface area contributed by atoms with Crippen LogP contribution in [0.15, 0.2) is 36.4 Å². The zero-order chi connectivity index (χ0) is 12.7. The molecule has 0 saturated heterocycles. The third kappa shape index (κ3) is 4.83. The Labute approximate surface area is 98.3 Å². The highest BCUT2D eigenvalue weighted by Crippen LogP contribution is 2.11. The minimum absolute atomic E-state index is 0.0901. The molecular formula is C12H12O5. The van der Waals surface area contributed by atoms with Gasteiger partial charge in [0.15, 0.2) is 0 Å². The van der Waals surface area contributed by atoms with Crippen LogP contribution >= 0.6 is 0 Å². The summed E-state index contributed by atoms with van der Waals surface area (Å²) < 4.78 is 9.80. The fourth-order valence-electron chi connectivity index (χ4n) is 1.06. The largest absolute Gasteiger partial charge is 0.497 e. The van der Waals surface area contributed by atoms with Gasteiger partial charge in [-0.1, -0.05) is 12.1 Å². The molecule has 0 radical (unpaired) electrons. The van der Waals surface area contributed by atoms with Gasteiger partial charge in [-0.2, -0.15) is 0 Å². The summed E-state index contributed by atoms with van der Waals surface area (Å²) in [6, 6.07) is 7.01. The molecule has 0 bridgehead atoms. The van der Waals surface area contributed by atoms with Gasteiger partial charge in [0.25, 0.3) is 0 Å². The summed E-state index contributed by atoms with van der Waals surface area (Å²) in [6.45, 7) is 0.0901. The average molecular weight is 236 g/mol. The molecule has 0 heterocycles. The predicted octanol–water partition coefficient (Wildman–Crippen LogP) is 1.38. The first-order valence-corrected chi connectivity index (χ1v) is 4.82. The zero-order valence-corrected chi connectivity index (χ0v) is 9.25. The highest BCUT2D eigenvalue weighted by Gasteiger charge is 2.00. The number of methoxy groups -OCH3 is 1. The number of carboxylic acid groups (broad SMARTS) is 1. The van der Waals surface area contributed by atoms with E-state index in [0.717, 1.165) is 17.7 Å². The molecule has 0 aliphatic heterocycles. The highest BCUT2D eigenvalue weighted by molar-refractivity contribution is 5.90. The predicted molar refractivity (Wildman–Crippen MR) is 59.6 cm³/mol. The molecule has 0 fully saturated rings. The number of hydrogen-bond acceptors (Lipinski definition) is 4. The van der Waals surface area contributed by atoms with Gasteiger partial charge in [0.2, 0.25) is 0 Å². The topological polar surface area (TPSA) is 72.8 Å². The Bertz CT molecular complexity index is 419. The first kappa shape index (κ1) is 12.8. The number of carbonyl (C=O) groups is 2. The molecule has 0 spiro atoms. The van der Waals surface area contributed by atoms with E-state index < -0.39 is 11.9 Å². The first-order chi connectivity index (χ1) is 8.11. The van der Waals surface area contributed by atoms with Crippen LogP contribution in [-0.2, 0) is 20.9 Å². The van der Waals surface area contributed by atoms with Gasteiger partial charge in [0.05, 0.1) is 7.11 Å². The van der Waals surface area contributed by atoms with Crippen molar-refractivity contribution < 1.29 is 24.2 Å². The maximum absolute atomic E-state index is 11.0. The molecule has 5 nitrogen and oxygen atoms in total. The van der Waals surface area contributed by atoms with Crippen molar-refractivity contribution in [3.63, 3.8) is 0 Å². The fraction of sp³-hybridized carbons (Fsp3) is 0.167. The van der Waals surface area contributed by atoms with Crippen molar-refractivity contribution in [2.75, 3.05) is 7.11 Å². The van der Waals surface area contributed by atoms with E-state index in [2.05, 4.69) is 0 Å². The smallest absolute Gasteiger partial charge is 0.331 e. The Kier molecular flexibility index (Phi) is 4.75. The Balaban J connectivity index is 2.44. The van der Waals surface area contributed by atoms with E-state index in [9.17, 15) is 9.59 Å². The summed E-state index contributed by atoms with van der Waals surface area (Å²) in [7, 11) is 1.56. The molecule has 0 aliphatic carbocycles. The van der Waals surface area contributed by atoms with Gasteiger partial charge >= 0.3 is 11.9 Å². The number of esters is 1. The third-order valence-electron chi connectivity index (χ3n) is 1.90. The van der Waals surface area contributed by atoms with E-state index in [-0.39, 0.29) is 6.61 Å². The molecule has 1 N–H and O–H groups in total. The second-order valence-corrected chi connectivity index (χ2v) is 3.13. The fourth-order valence-corrected chi connectivity index (χ4v) is 1.06. The molecule has 0 unspecified atom stereocenters. The molecule has 0 aliphatic rings. The van der Waals surface area contributed by atoms with Crippen molar-refractivity contribution in [1.82, 2.24) is 0 Å². The molecule has 17 heavy (non-hydrogen) atoms. The summed E-state index contributed by atoms with van der Waals surface area (Å²) in [5, 5.41) is 8.30. The molecule has 0 aromatic heterocycles. The van der Waals surface area contributed by atoms with Crippen LogP contribution in [0, 0.1) is 0 Å². The van der Waals surface area contributed by atoms with Crippen LogP contribution in [0.5, 0.6) is 5.75 Å². The number of rotatable bonds is 5. The van der Waals surface area contributed by atoms with Crippen LogP contribution in [-0.4, -0.2) is 24.2 Å². The summed E-state index contributed by atoms with van der Waals surface area (Å²) in [5.74, 6) is -1.17. The van der Waals surface area contributed by atoms with Crippen LogP contribution in [0.25, 0.3) is 0 Å².